The molecule has 0 saturated carbocycles. The number of rotatable bonds is 4. The van der Waals surface area contributed by atoms with E-state index in [2.05, 4.69) is 19.2 Å². The van der Waals surface area contributed by atoms with E-state index in [4.69, 9.17) is 5.73 Å². The Morgan fingerprint density at radius 2 is 2.10 bits per heavy atom. The van der Waals surface area contributed by atoms with E-state index in [1.807, 2.05) is 17.5 Å². The number of carbonyl (C=O) groups excluding carboxylic acids is 1. The number of nitrogens with two attached hydrogens (primary N) is 1. The lowest BCUT2D eigenvalue weighted by atomic mass is 10.0. The first-order valence-corrected chi connectivity index (χ1v) is 7.29. The van der Waals surface area contributed by atoms with E-state index in [1.54, 1.807) is 11.3 Å². The molecule has 0 aliphatic carbocycles. The molecular weight excluding hydrogens is 272 g/mol. The van der Waals surface area contributed by atoms with Crippen LogP contribution >= 0.6 is 11.3 Å². The monoisotopic (exact) mass is 290 g/mol. The minimum atomic E-state index is -0.273. The highest BCUT2D eigenvalue weighted by Crippen LogP contribution is 2.27. The maximum atomic E-state index is 12.3. The second kappa shape index (κ2) is 5.96. The Hall–Kier alpha value is -2.01. The molecule has 1 aromatic carbocycles. The fourth-order valence-electron chi connectivity index (χ4n) is 1.99. The van der Waals surface area contributed by atoms with Crippen LogP contribution in [0.5, 0.6) is 5.75 Å². The maximum absolute atomic E-state index is 12.3. The number of phenols is 1. The van der Waals surface area contributed by atoms with E-state index in [-0.39, 0.29) is 23.6 Å². The molecule has 4 nitrogen and oxygen atoms in total. The van der Waals surface area contributed by atoms with E-state index in [1.165, 1.54) is 18.2 Å². The lowest BCUT2D eigenvalue weighted by molar-refractivity contribution is 0.0927. The van der Waals surface area contributed by atoms with Gasteiger partial charge in [-0.15, -0.1) is 11.3 Å². The summed E-state index contributed by atoms with van der Waals surface area (Å²) in [4.78, 5) is 13.4. The second-order valence-corrected chi connectivity index (χ2v) is 5.96. The molecule has 20 heavy (non-hydrogen) atoms. The molecule has 1 heterocycles. The Bertz CT molecular complexity index is 594. The molecule has 2 rings (SSSR count). The van der Waals surface area contributed by atoms with Crippen molar-refractivity contribution in [3.8, 4) is 5.75 Å². The van der Waals surface area contributed by atoms with Crippen molar-refractivity contribution in [3.05, 3.63) is 46.2 Å². The van der Waals surface area contributed by atoms with Gasteiger partial charge in [0.1, 0.15) is 5.75 Å². The van der Waals surface area contributed by atoms with E-state index < -0.39 is 0 Å². The van der Waals surface area contributed by atoms with E-state index in [0.717, 1.165) is 4.88 Å². The molecule has 2 aromatic rings. The van der Waals surface area contributed by atoms with Crippen LogP contribution in [0.3, 0.4) is 0 Å². The van der Waals surface area contributed by atoms with Crippen molar-refractivity contribution >= 4 is 22.9 Å². The van der Waals surface area contributed by atoms with E-state index in [0.29, 0.717) is 11.3 Å². The van der Waals surface area contributed by atoms with Crippen LogP contribution in [0.25, 0.3) is 0 Å². The molecule has 1 atom stereocenters. The normalized spacial score (nSPS) is 12.3. The summed E-state index contributed by atoms with van der Waals surface area (Å²) in [6.07, 6.45) is 0. The van der Waals surface area contributed by atoms with Crippen LogP contribution in [0.2, 0.25) is 0 Å². The van der Waals surface area contributed by atoms with Crippen molar-refractivity contribution in [3.63, 3.8) is 0 Å². The third kappa shape index (κ3) is 3.11. The largest absolute Gasteiger partial charge is 0.508 e. The molecule has 0 radical (unpaired) electrons. The van der Waals surface area contributed by atoms with Gasteiger partial charge in [0, 0.05) is 10.6 Å². The molecule has 1 amide bonds. The molecule has 0 aliphatic rings. The molecule has 0 aliphatic heterocycles. The number of hydrogen-bond acceptors (Lipinski definition) is 4. The van der Waals surface area contributed by atoms with Crippen molar-refractivity contribution in [2.24, 2.45) is 5.92 Å². The van der Waals surface area contributed by atoms with Crippen LogP contribution < -0.4 is 11.1 Å². The summed E-state index contributed by atoms with van der Waals surface area (Å²) in [5.74, 6) is 0.0169. The van der Waals surface area contributed by atoms with Crippen molar-refractivity contribution in [2.75, 3.05) is 5.73 Å². The molecule has 4 N–H and O–H groups in total. The number of carbonyl (C=O) groups is 1. The summed E-state index contributed by atoms with van der Waals surface area (Å²) in [5, 5.41) is 14.4. The third-order valence-electron chi connectivity index (χ3n) is 3.08. The highest BCUT2D eigenvalue weighted by atomic mass is 32.1. The predicted molar refractivity (Wildman–Crippen MR) is 81.9 cm³/mol. The number of hydrogen-bond donors (Lipinski definition) is 3. The summed E-state index contributed by atoms with van der Waals surface area (Å²) in [7, 11) is 0. The van der Waals surface area contributed by atoms with Gasteiger partial charge in [-0.2, -0.15) is 0 Å². The van der Waals surface area contributed by atoms with Gasteiger partial charge in [0.25, 0.3) is 5.91 Å². The van der Waals surface area contributed by atoms with Gasteiger partial charge in [0.2, 0.25) is 0 Å². The zero-order valence-corrected chi connectivity index (χ0v) is 12.3. The number of thiophene rings is 1. The van der Waals surface area contributed by atoms with Crippen LogP contribution in [-0.2, 0) is 0 Å². The first-order valence-electron chi connectivity index (χ1n) is 6.41. The first-order chi connectivity index (χ1) is 9.49. The van der Waals surface area contributed by atoms with Gasteiger partial charge in [0.15, 0.2) is 0 Å². The average Bonchev–Trinajstić information content (AvgIpc) is 2.91. The summed E-state index contributed by atoms with van der Waals surface area (Å²) >= 11 is 1.61. The maximum Gasteiger partial charge on any atom is 0.254 e. The molecular formula is C15H18N2O2S. The molecule has 0 saturated heterocycles. The van der Waals surface area contributed by atoms with Gasteiger partial charge in [-0.05, 0) is 35.6 Å². The number of amides is 1. The van der Waals surface area contributed by atoms with Gasteiger partial charge < -0.3 is 16.2 Å². The van der Waals surface area contributed by atoms with Gasteiger partial charge in [-0.25, -0.2) is 0 Å². The average molecular weight is 290 g/mol. The third-order valence-corrected chi connectivity index (χ3v) is 4.04. The molecule has 5 heteroatoms. The summed E-state index contributed by atoms with van der Waals surface area (Å²) in [5.41, 5.74) is 6.45. The van der Waals surface area contributed by atoms with Gasteiger partial charge in [0.05, 0.1) is 11.6 Å². The van der Waals surface area contributed by atoms with Crippen molar-refractivity contribution in [1.82, 2.24) is 5.32 Å². The number of anilines is 1. The quantitative estimate of drug-likeness (QED) is 0.598. The highest BCUT2D eigenvalue weighted by Gasteiger charge is 2.21. The Kier molecular flexibility index (Phi) is 4.29. The lowest BCUT2D eigenvalue weighted by Crippen LogP contribution is -2.31. The smallest absolute Gasteiger partial charge is 0.254 e. The zero-order chi connectivity index (χ0) is 14.7. The fourth-order valence-corrected chi connectivity index (χ4v) is 2.94. The number of nitrogens with one attached hydrogen (secondary N) is 1. The SMILES string of the molecule is CC(C)C(NC(=O)c1cc(O)ccc1N)c1cccs1. The van der Waals surface area contributed by atoms with Crippen LogP contribution in [0.1, 0.15) is 35.1 Å². The lowest BCUT2D eigenvalue weighted by Gasteiger charge is -2.21. The number of aromatic hydroxyl groups is 1. The highest BCUT2D eigenvalue weighted by molar-refractivity contribution is 7.10. The predicted octanol–water partition coefficient (Wildman–Crippen LogP) is 3.16. The molecule has 0 bridgehead atoms. The summed E-state index contributed by atoms with van der Waals surface area (Å²) in [6.45, 7) is 4.10. The standard InChI is InChI=1S/C15H18N2O2S/c1-9(2)14(13-4-3-7-20-13)17-15(19)11-8-10(18)5-6-12(11)16/h3-9,14,18H,16H2,1-2H3,(H,17,19). The summed E-state index contributed by atoms with van der Waals surface area (Å²) < 4.78 is 0. The first kappa shape index (κ1) is 14.4. The molecule has 106 valence electrons. The van der Waals surface area contributed by atoms with Crippen molar-refractivity contribution < 1.29 is 9.90 Å². The molecule has 1 unspecified atom stereocenters. The van der Waals surface area contributed by atoms with Crippen LogP contribution in [0.4, 0.5) is 5.69 Å². The van der Waals surface area contributed by atoms with Gasteiger partial charge in [-0.1, -0.05) is 19.9 Å². The Morgan fingerprint density at radius 3 is 2.70 bits per heavy atom. The number of benzene rings is 1. The van der Waals surface area contributed by atoms with Crippen molar-refractivity contribution in [2.45, 2.75) is 19.9 Å². The van der Waals surface area contributed by atoms with Crippen LogP contribution in [0, 0.1) is 5.92 Å². The van der Waals surface area contributed by atoms with Crippen LogP contribution in [0.15, 0.2) is 35.7 Å². The van der Waals surface area contributed by atoms with Gasteiger partial charge >= 0.3 is 0 Å². The number of nitrogen functional groups attached to an aromatic ring is 1. The molecule has 0 spiro atoms. The van der Waals surface area contributed by atoms with Crippen LogP contribution in [-0.4, -0.2) is 11.0 Å². The minimum Gasteiger partial charge on any atom is -0.508 e. The Balaban J connectivity index is 2.23. The Morgan fingerprint density at radius 1 is 1.35 bits per heavy atom. The van der Waals surface area contributed by atoms with E-state index in [9.17, 15) is 9.90 Å². The van der Waals surface area contributed by atoms with Crippen molar-refractivity contribution in [1.29, 1.82) is 0 Å². The second-order valence-electron chi connectivity index (χ2n) is 4.98. The van der Waals surface area contributed by atoms with E-state index >= 15 is 0 Å². The zero-order valence-electron chi connectivity index (χ0n) is 11.5. The molecule has 1 aromatic heterocycles. The topological polar surface area (TPSA) is 75.3 Å². The minimum absolute atomic E-state index is 0.0292. The Labute approximate surface area is 122 Å². The molecule has 0 fully saturated rings. The fraction of sp³-hybridized carbons (Fsp3) is 0.267. The van der Waals surface area contributed by atoms with Gasteiger partial charge in [-0.3, -0.25) is 4.79 Å². The number of phenolic OH excluding ortho intramolecular Hbond substituents is 1. The summed E-state index contributed by atoms with van der Waals surface area (Å²) in [6, 6.07) is 8.28.